The van der Waals surface area contributed by atoms with Crippen LogP contribution < -0.4 is 5.32 Å². The van der Waals surface area contributed by atoms with Gasteiger partial charge in [-0.2, -0.15) is 0 Å². The maximum atomic E-state index is 13.5. The summed E-state index contributed by atoms with van der Waals surface area (Å²) in [4.78, 5) is 0. The van der Waals surface area contributed by atoms with Crippen LogP contribution in [0.25, 0.3) is 0 Å². The quantitative estimate of drug-likeness (QED) is 0.827. The van der Waals surface area contributed by atoms with Gasteiger partial charge in [0.05, 0.1) is 10.2 Å². The van der Waals surface area contributed by atoms with Crippen LogP contribution in [0.5, 0.6) is 5.75 Å². The first-order valence-corrected chi connectivity index (χ1v) is 6.12. The van der Waals surface area contributed by atoms with Crippen molar-refractivity contribution in [3.8, 4) is 5.75 Å². The topological polar surface area (TPSA) is 32.3 Å². The van der Waals surface area contributed by atoms with Gasteiger partial charge in [0.25, 0.3) is 0 Å². The highest BCUT2D eigenvalue weighted by Gasteiger charge is 2.08. The van der Waals surface area contributed by atoms with Crippen LogP contribution in [0, 0.1) is 17.5 Å². The minimum atomic E-state index is -0.631. The van der Waals surface area contributed by atoms with Gasteiger partial charge in [-0.25, -0.2) is 13.2 Å². The van der Waals surface area contributed by atoms with E-state index in [0.717, 1.165) is 18.2 Å². The van der Waals surface area contributed by atoms with Crippen molar-refractivity contribution in [1.29, 1.82) is 0 Å². The van der Waals surface area contributed by atoms with Crippen LogP contribution in [0.15, 0.2) is 34.8 Å². The summed E-state index contributed by atoms with van der Waals surface area (Å²) in [6, 6.07) is 5.49. The van der Waals surface area contributed by atoms with E-state index in [-0.39, 0.29) is 22.5 Å². The number of phenols is 1. The van der Waals surface area contributed by atoms with E-state index in [1.807, 2.05) is 0 Å². The van der Waals surface area contributed by atoms with Crippen LogP contribution in [0.4, 0.5) is 18.9 Å². The minimum absolute atomic E-state index is 0.0268. The van der Waals surface area contributed by atoms with Gasteiger partial charge in [-0.1, -0.05) is 0 Å². The molecule has 2 N–H and O–H groups in total. The summed E-state index contributed by atoms with van der Waals surface area (Å²) >= 11 is 2.87. The van der Waals surface area contributed by atoms with Gasteiger partial charge in [-0.3, -0.25) is 0 Å². The highest BCUT2D eigenvalue weighted by Crippen LogP contribution is 2.24. The lowest BCUT2D eigenvalue weighted by Gasteiger charge is -2.09. The maximum absolute atomic E-state index is 13.5. The summed E-state index contributed by atoms with van der Waals surface area (Å²) in [5, 5.41) is 11.9. The van der Waals surface area contributed by atoms with Crippen LogP contribution >= 0.6 is 15.9 Å². The molecule has 0 spiro atoms. The molecule has 100 valence electrons. The number of anilines is 1. The van der Waals surface area contributed by atoms with Crippen molar-refractivity contribution in [2.45, 2.75) is 6.54 Å². The van der Waals surface area contributed by atoms with Gasteiger partial charge in [0.15, 0.2) is 0 Å². The highest BCUT2D eigenvalue weighted by molar-refractivity contribution is 9.10. The number of halogens is 4. The van der Waals surface area contributed by atoms with E-state index in [1.165, 1.54) is 12.1 Å². The van der Waals surface area contributed by atoms with Crippen LogP contribution in [-0.4, -0.2) is 5.11 Å². The zero-order valence-corrected chi connectivity index (χ0v) is 11.1. The van der Waals surface area contributed by atoms with Crippen molar-refractivity contribution in [2.24, 2.45) is 0 Å². The van der Waals surface area contributed by atoms with Gasteiger partial charge in [-0.05, 0) is 39.7 Å². The maximum Gasteiger partial charge on any atom is 0.147 e. The van der Waals surface area contributed by atoms with Crippen molar-refractivity contribution in [2.75, 3.05) is 5.32 Å². The summed E-state index contributed by atoms with van der Waals surface area (Å²) in [5.74, 6) is -2.06. The average molecular weight is 332 g/mol. The van der Waals surface area contributed by atoms with E-state index in [0.29, 0.717) is 5.56 Å². The second-order valence-electron chi connectivity index (χ2n) is 3.92. The Hall–Kier alpha value is -1.69. The van der Waals surface area contributed by atoms with Gasteiger partial charge in [0.1, 0.15) is 23.2 Å². The molecule has 0 heterocycles. The number of phenolic OH excluding ortho intramolecular Hbond substituents is 1. The zero-order chi connectivity index (χ0) is 14.0. The number of rotatable bonds is 3. The molecule has 0 radical (unpaired) electrons. The Morgan fingerprint density at radius 1 is 1.00 bits per heavy atom. The first-order chi connectivity index (χ1) is 8.95. The predicted octanol–water partition coefficient (Wildman–Crippen LogP) is 4.18. The second-order valence-corrected chi connectivity index (χ2v) is 4.77. The van der Waals surface area contributed by atoms with E-state index in [4.69, 9.17) is 0 Å². The summed E-state index contributed by atoms with van der Waals surface area (Å²) < 4.78 is 39.8. The van der Waals surface area contributed by atoms with Gasteiger partial charge in [-0.15, -0.1) is 0 Å². The van der Waals surface area contributed by atoms with Gasteiger partial charge >= 0.3 is 0 Å². The van der Waals surface area contributed by atoms with Crippen LogP contribution in [0.1, 0.15) is 5.56 Å². The van der Waals surface area contributed by atoms with E-state index in [9.17, 15) is 18.3 Å². The molecule has 0 bridgehead atoms. The molecular weight excluding hydrogens is 323 g/mol. The number of hydrogen-bond acceptors (Lipinski definition) is 2. The molecule has 2 aromatic rings. The lowest BCUT2D eigenvalue weighted by molar-refractivity contribution is 0.468. The number of benzene rings is 2. The lowest BCUT2D eigenvalue weighted by atomic mass is 10.2. The molecule has 2 rings (SSSR count). The summed E-state index contributed by atoms with van der Waals surface area (Å²) in [6.07, 6.45) is 0. The van der Waals surface area contributed by atoms with Crippen molar-refractivity contribution < 1.29 is 18.3 Å². The van der Waals surface area contributed by atoms with Crippen molar-refractivity contribution in [3.63, 3.8) is 0 Å². The molecule has 0 fully saturated rings. The molecule has 6 heteroatoms. The number of nitrogens with one attached hydrogen (secondary N) is 1. The Kier molecular flexibility index (Phi) is 3.99. The average Bonchev–Trinajstić information content (AvgIpc) is 2.31. The molecule has 0 saturated heterocycles. The fraction of sp³-hybridized carbons (Fsp3) is 0.0769. The van der Waals surface area contributed by atoms with E-state index >= 15 is 0 Å². The van der Waals surface area contributed by atoms with Gasteiger partial charge < -0.3 is 10.4 Å². The first-order valence-electron chi connectivity index (χ1n) is 5.32. The number of hydrogen-bond donors (Lipinski definition) is 2. The van der Waals surface area contributed by atoms with E-state index in [2.05, 4.69) is 21.2 Å². The van der Waals surface area contributed by atoms with Crippen LogP contribution in [0.2, 0.25) is 0 Å². The standard InChI is InChI=1S/C13H9BrF3NO/c14-10-4-12(17)13(5-11(10)16)18-6-7-1-8(15)3-9(19)2-7/h1-5,18-19H,6H2. The molecule has 19 heavy (non-hydrogen) atoms. The molecular formula is C13H9BrF3NO. The lowest BCUT2D eigenvalue weighted by Crippen LogP contribution is -2.02. The van der Waals surface area contributed by atoms with Gasteiger partial charge in [0, 0.05) is 18.7 Å². The third-order valence-electron chi connectivity index (χ3n) is 2.44. The highest BCUT2D eigenvalue weighted by atomic mass is 79.9. The normalized spacial score (nSPS) is 10.5. The second kappa shape index (κ2) is 5.52. The van der Waals surface area contributed by atoms with Crippen molar-refractivity contribution >= 4 is 21.6 Å². The van der Waals surface area contributed by atoms with Crippen LogP contribution in [-0.2, 0) is 6.54 Å². The van der Waals surface area contributed by atoms with E-state index < -0.39 is 17.5 Å². The first kappa shape index (κ1) is 13.7. The van der Waals surface area contributed by atoms with Crippen molar-refractivity contribution in [3.05, 3.63) is 57.8 Å². The van der Waals surface area contributed by atoms with E-state index in [1.54, 1.807) is 0 Å². The molecule has 0 aliphatic carbocycles. The zero-order valence-electron chi connectivity index (χ0n) is 9.55. The Morgan fingerprint density at radius 2 is 1.74 bits per heavy atom. The molecule has 2 aromatic carbocycles. The smallest absolute Gasteiger partial charge is 0.147 e. The molecule has 0 atom stereocenters. The molecule has 0 amide bonds. The number of aromatic hydroxyl groups is 1. The molecule has 0 aliphatic rings. The Balaban J connectivity index is 2.16. The summed E-state index contributed by atoms with van der Waals surface area (Å²) in [5.41, 5.74) is 0.379. The van der Waals surface area contributed by atoms with Crippen molar-refractivity contribution in [1.82, 2.24) is 0 Å². The fourth-order valence-corrected chi connectivity index (χ4v) is 1.91. The molecule has 0 saturated carbocycles. The summed E-state index contributed by atoms with van der Waals surface area (Å²) in [7, 11) is 0. The van der Waals surface area contributed by atoms with Gasteiger partial charge in [0.2, 0.25) is 0 Å². The third kappa shape index (κ3) is 3.41. The largest absolute Gasteiger partial charge is 0.508 e. The fourth-order valence-electron chi connectivity index (χ4n) is 1.59. The SMILES string of the molecule is Oc1cc(F)cc(CNc2cc(F)c(Br)cc2F)c1. The van der Waals surface area contributed by atoms with Crippen LogP contribution in [0.3, 0.4) is 0 Å². The molecule has 2 nitrogen and oxygen atoms in total. The molecule has 0 aliphatic heterocycles. The predicted molar refractivity (Wildman–Crippen MR) is 69.4 cm³/mol. The summed E-state index contributed by atoms with van der Waals surface area (Å²) in [6.45, 7) is 0.0588. The Labute approximate surface area is 116 Å². The molecule has 0 unspecified atom stereocenters. The Bertz CT molecular complexity index is 599. The monoisotopic (exact) mass is 331 g/mol. The Morgan fingerprint density at radius 3 is 2.42 bits per heavy atom. The third-order valence-corrected chi connectivity index (χ3v) is 3.04. The molecule has 0 aromatic heterocycles. The minimum Gasteiger partial charge on any atom is -0.508 e.